The summed E-state index contributed by atoms with van der Waals surface area (Å²) in [6, 6.07) is 5.50. The Kier molecular flexibility index (Phi) is 6.59. The van der Waals surface area contributed by atoms with Gasteiger partial charge in [-0.1, -0.05) is 41.1 Å². The average Bonchev–Trinajstić information content (AvgIpc) is 2.32. The number of unbranched alkanes of at least 4 members (excludes halogenated alkanes) is 2. The average molecular weight is 381 g/mol. The van der Waals surface area contributed by atoms with Gasteiger partial charge in [-0.15, -0.1) is 0 Å². The smallest absolute Gasteiger partial charge is 0.211 e. The lowest BCUT2D eigenvalue weighted by molar-refractivity contribution is 0.575. The first-order valence-electron chi connectivity index (χ1n) is 6.10. The summed E-state index contributed by atoms with van der Waals surface area (Å²) >= 11 is 2.33. The lowest BCUT2D eigenvalue weighted by atomic mass is 10.2. The standard InChI is InChI=1S/C13H20INO2S/c1-11-6-7-12(2)13(10-11)18(16,17)15-9-5-3-4-8-14/h6-7,10,15H,3-5,8-9H2,1-2H3. The van der Waals surface area contributed by atoms with Gasteiger partial charge in [0, 0.05) is 6.54 Å². The Morgan fingerprint density at radius 3 is 2.56 bits per heavy atom. The number of hydrogen-bond donors (Lipinski definition) is 1. The van der Waals surface area contributed by atoms with Gasteiger partial charge < -0.3 is 0 Å². The monoisotopic (exact) mass is 381 g/mol. The van der Waals surface area contributed by atoms with Gasteiger partial charge >= 0.3 is 0 Å². The van der Waals surface area contributed by atoms with E-state index in [1.807, 2.05) is 26.0 Å². The number of aryl methyl sites for hydroxylation is 2. The minimum absolute atomic E-state index is 0.399. The van der Waals surface area contributed by atoms with Gasteiger partial charge in [0.25, 0.3) is 0 Å². The molecule has 0 bridgehead atoms. The molecule has 0 fully saturated rings. The maximum atomic E-state index is 12.1. The van der Waals surface area contributed by atoms with Crippen molar-refractivity contribution in [2.24, 2.45) is 0 Å². The number of nitrogens with one attached hydrogen (secondary N) is 1. The molecular weight excluding hydrogens is 361 g/mol. The van der Waals surface area contributed by atoms with E-state index >= 15 is 0 Å². The van der Waals surface area contributed by atoms with Crippen molar-refractivity contribution in [3.05, 3.63) is 29.3 Å². The molecule has 1 N–H and O–H groups in total. The number of hydrogen-bond acceptors (Lipinski definition) is 2. The van der Waals surface area contributed by atoms with Gasteiger partial charge in [0.15, 0.2) is 0 Å². The van der Waals surface area contributed by atoms with Gasteiger partial charge in [0.2, 0.25) is 10.0 Å². The van der Waals surface area contributed by atoms with E-state index in [1.165, 1.54) is 0 Å². The van der Waals surface area contributed by atoms with E-state index in [9.17, 15) is 8.42 Å². The molecule has 0 atom stereocenters. The topological polar surface area (TPSA) is 46.2 Å². The summed E-state index contributed by atoms with van der Waals surface area (Å²) in [6.45, 7) is 4.25. The van der Waals surface area contributed by atoms with Gasteiger partial charge in [-0.2, -0.15) is 0 Å². The van der Waals surface area contributed by atoms with E-state index in [-0.39, 0.29) is 0 Å². The van der Waals surface area contributed by atoms with Crippen LogP contribution in [0.5, 0.6) is 0 Å². The van der Waals surface area contributed by atoms with Crippen molar-refractivity contribution < 1.29 is 8.42 Å². The van der Waals surface area contributed by atoms with Gasteiger partial charge in [-0.3, -0.25) is 0 Å². The SMILES string of the molecule is Cc1ccc(C)c(S(=O)(=O)NCCCCCI)c1. The summed E-state index contributed by atoms with van der Waals surface area (Å²) in [5, 5.41) is 0. The van der Waals surface area contributed by atoms with E-state index in [0.29, 0.717) is 11.4 Å². The quantitative estimate of drug-likeness (QED) is 0.448. The lowest BCUT2D eigenvalue weighted by Crippen LogP contribution is -2.25. The van der Waals surface area contributed by atoms with E-state index in [4.69, 9.17) is 0 Å². The van der Waals surface area contributed by atoms with Gasteiger partial charge in [-0.05, 0) is 48.3 Å². The highest BCUT2D eigenvalue weighted by Crippen LogP contribution is 2.16. The fourth-order valence-electron chi connectivity index (χ4n) is 1.68. The molecule has 0 heterocycles. The lowest BCUT2D eigenvalue weighted by Gasteiger charge is -2.10. The molecule has 0 saturated carbocycles. The van der Waals surface area contributed by atoms with Crippen LogP contribution in [0.2, 0.25) is 0 Å². The highest BCUT2D eigenvalue weighted by Gasteiger charge is 2.15. The fraction of sp³-hybridized carbons (Fsp3) is 0.538. The number of sulfonamides is 1. The van der Waals surface area contributed by atoms with Crippen molar-refractivity contribution in [2.75, 3.05) is 11.0 Å². The first-order valence-corrected chi connectivity index (χ1v) is 9.11. The van der Waals surface area contributed by atoms with Crippen molar-refractivity contribution in [3.8, 4) is 0 Å². The first kappa shape index (κ1) is 15.9. The molecule has 0 spiro atoms. The molecule has 1 aromatic rings. The van der Waals surface area contributed by atoms with Crippen LogP contribution in [0.3, 0.4) is 0 Å². The molecule has 0 amide bonds. The van der Waals surface area contributed by atoms with E-state index in [2.05, 4.69) is 27.3 Å². The van der Waals surface area contributed by atoms with E-state index in [0.717, 1.165) is 34.8 Å². The molecule has 102 valence electrons. The Bertz CT molecular complexity index is 486. The van der Waals surface area contributed by atoms with Crippen LogP contribution < -0.4 is 4.72 Å². The van der Waals surface area contributed by atoms with Crippen LogP contribution in [0, 0.1) is 13.8 Å². The number of alkyl halides is 1. The molecule has 3 nitrogen and oxygen atoms in total. The minimum atomic E-state index is -3.35. The largest absolute Gasteiger partial charge is 0.240 e. The van der Waals surface area contributed by atoms with Crippen molar-refractivity contribution in [1.82, 2.24) is 4.72 Å². The molecule has 1 rings (SSSR count). The zero-order chi connectivity index (χ0) is 13.6. The summed E-state index contributed by atoms with van der Waals surface area (Å²) in [4.78, 5) is 0.399. The van der Waals surface area contributed by atoms with Crippen molar-refractivity contribution in [3.63, 3.8) is 0 Å². The maximum absolute atomic E-state index is 12.1. The zero-order valence-electron chi connectivity index (χ0n) is 10.9. The third-order valence-corrected chi connectivity index (χ3v) is 5.10. The Morgan fingerprint density at radius 1 is 1.17 bits per heavy atom. The van der Waals surface area contributed by atoms with Crippen molar-refractivity contribution in [1.29, 1.82) is 0 Å². The molecule has 0 aromatic heterocycles. The molecular formula is C13H20INO2S. The molecule has 0 aliphatic rings. The molecule has 0 saturated heterocycles. The third-order valence-electron chi connectivity index (χ3n) is 2.74. The second-order valence-electron chi connectivity index (χ2n) is 4.42. The van der Waals surface area contributed by atoms with Crippen LogP contribution >= 0.6 is 22.6 Å². The van der Waals surface area contributed by atoms with Crippen LogP contribution in [-0.2, 0) is 10.0 Å². The molecule has 5 heteroatoms. The zero-order valence-corrected chi connectivity index (χ0v) is 13.8. The highest BCUT2D eigenvalue weighted by atomic mass is 127. The Morgan fingerprint density at radius 2 is 1.89 bits per heavy atom. The number of rotatable bonds is 7. The Balaban J connectivity index is 2.66. The summed E-state index contributed by atoms with van der Waals surface area (Å²) in [5.41, 5.74) is 1.76. The van der Waals surface area contributed by atoms with Gasteiger partial charge in [-0.25, -0.2) is 13.1 Å². The maximum Gasteiger partial charge on any atom is 0.240 e. The second-order valence-corrected chi connectivity index (χ2v) is 7.23. The normalized spacial score (nSPS) is 11.7. The number of halogens is 1. The fourth-order valence-corrected chi connectivity index (χ4v) is 3.62. The van der Waals surface area contributed by atoms with Gasteiger partial charge in [0.1, 0.15) is 0 Å². The predicted molar refractivity (Wildman–Crippen MR) is 83.8 cm³/mol. The van der Waals surface area contributed by atoms with E-state index in [1.54, 1.807) is 6.07 Å². The molecule has 0 aliphatic carbocycles. The summed E-state index contributed by atoms with van der Waals surface area (Å²) < 4.78 is 28.0. The van der Waals surface area contributed by atoms with Crippen LogP contribution in [0.15, 0.2) is 23.1 Å². The molecule has 18 heavy (non-hydrogen) atoms. The van der Waals surface area contributed by atoms with Crippen molar-refractivity contribution in [2.45, 2.75) is 38.0 Å². The minimum Gasteiger partial charge on any atom is -0.211 e. The van der Waals surface area contributed by atoms with E-state index < -0.39 is 10.0 Å². The Hall–Kier alpha value is -0.140. The van der Waals surface area contributed by atoms with Crippen molar-refractivity contribution >= 4 is 32.6 Å². The third kappa shape index (κ3) is 4.85. The second kappa shape index (κ2) is 7.45. The molecule has 0 radical (unpaired) electrons. The van der Waals surface area contributed by atoms with Crippen LogP contribution in [0.1, 0.15) is 30.4 Å². The van der Waals surface area contributed by atoms with Crippen LogP contribution in [0.25, 0.3) is 0 Å². The van der Waals surface area contributed by atoms with Gasteiger partial charge in [0.05, 0.1) is 4.90 Å². The highest BCUT2D eigenvalue weighted by molar-refractivity contribution is 14.1. The van der Waals surface area contributed by atoms with Crippen LogP contribution in [0.4, 0.5) is 0 Å². The number of benzene rings is 1. The summed E-state index contributed by atoms with van der Waals surface area (Å²) in [6.07, 6.45) is 3.11. The molecule has 0 unspecified atom stereocenters. The first-order chi connectivity index (χ1) is 8.47. The summed E-state index contributed by atoms with van der Waals surface area (Å²) in [5.74, 6) is 0. The van der Waals surface area contributed by atoms with Crippen LogP contribution in [-0.4, -0.2) is 19.4 Å². The predicted octanol–water partition coefficient (Wildman–Crippen LogP) is 3.19. The summed E-state index contributed by atoms with van der Waals surface area (Å²) in [7, 11) is -3.35. The Labute approximate surface area is 124 Å². The molecule has 1 aromatic carbocycles. The molecule has 0 aliphatic heterocycles.